The Hall–Kier alpha value is -0.820. The molecule has 0 unspecified atom stereocenters. The van der Waals surface area contributed by atoms with Crippen LogP contribution in [-0.4, -0.2) is 29.7 Å². The minimum atomic E-state index is -0.0665. The summed E-state index contributed by atoms with van der Waals surface area (Å²) in [6.07, 6.45) is 2.51. The van der Waals surface area contributed by atoms with E-state index in [1.807, 2.05) is 6.07 Å². The molecule has 1 N–H and O–H groups in total. The summed E-state index contributed by atoms with van der Waals surface area (Å²) in [4.78, 5) is 4.91. The second-order valence-electron chi connectivity index (χ2n) is 4.74. The van der Waals surface area contributed by atoms with Gasteiger partial charge in [0.05, 0.1) is 4.88 Å². The normalized spacial score (nSPS) is 10.8. The summed E-state index contributed by atoms with van der Waals surface area (Å²) in [6.45, 7) is 9.99. The van der Waals surface area contributed by atoms with E-state index < -0.39 is 0 Å². The molecule has 0 aliphatic rings. The van der Waals surface area contributed by atoms with Crippen molar-refractivity contribution in [2.75, 3.05) is 19.7 Å². The van der Waals surface area contributed by atoms with Gasteiger partial charge in [-0.15, -0.1) is 11.3 Å². The fraction of sp³-hybridized carbons (Fsp3) is 0.625. The van der Waals surface area contributed by atoms with Crippen LogP contribution in [0.25, 0.3) is 0 Å². The van der Waals surface area contributed by atoms with E-state index in [4.69, 9.17) is 5.11 Å². The molecular weight excluding hydrogens is 254 g/mol. The average Bonchev–Trinajstić information content (AvgIpc) is 2.88. The molecule has 0 spiro atoms. The first-order chi connectivity index (χ1) is 9.23. The minimum Gasteiger partial charge on any atom is -0.384 e. The van der Waals surface area contributed by atoms with Crippen LogP contribution in [0.15, 0.2) is 12.1 Å². The van der Waals surface area contributed by atoms with Crippen LogP contribution >= 0.6 is 11.3 Å². The van der Waals surface area contributed by atoms with Gasteiger partial charge >= 0.3 is 0 Å². The van der Waals surface area contributed by atoms with Gasteiger partial charge in [0.2, 0.25) is 0 Å². The highest BCUT2D eigenvalue weighted by molar-refractivity contribution is 7.12. The fourth-order valence-electron chi connectivity index (χ4n) is 2.09. The number of nitrogens with zero attached hydrogens (tertiary/aromatic N) is 1. The highest BCUT2D eigenvalue weighted by Gasteiger charge is 2.11. The van der Waals surface area contributed by atoms with Gasteiger partial charge in [0.15, 0.2) is 0 Å². The molecule has 1 aromatic rings. The lowest BCUT2D eigenvalue weighted by molar-refractivity contribution is 0.228. The molecule has 3 heteroatoms. The van der Waals surface area contributed by atoms with Crippen LogP contribution in [0, 0.1) is 17.8 Å². The summed E-state index contributed by atoms with van der Waals surface area (Å²) in [5.41, 5.74) is 0. The van der Waals surface area contributed by atoms with Crippen LogP contribution in [-0.2, 0) is 6.54 Å². The molecule has 0 saturated carbocycles. The highest BCUT2D eigenvalue weighted by atomic mass is 32.1. The standard InChI is InChI=1S/C16H25NOS/c1-4-14(5-2)12-17(6-3)13-16-10-9-15(19-16)8-7-11-18/h9-10,14,18H,4-6,11-13H2,1-3H3. The smallest absolute Gasteiger partial charge is 0.104 e. The lowest BCUT2D eigenvalue weighted by atomic mass is 10.0. The Bertz CT molecular complexity index is 412. The van der Waals surface area contributed by atoms with E-state index >= 15 is 0 Å². The lowest BCUT2D eigenvalue weighted by Crippen LogP contribution is -2.28. The van der Waals surface area contributed by atoms with Gasteiger partial charge in [0.1, 0.15) is 6.61 Å². The second kappa shape index (κ2) is 9.14. The van der Waals surface area contributed by atoms with Gasteiger partial charge in [-0.2, -0.15) is 0 Å². The monoisotopic (exact) mass is 279 g/mol. The van der Waals surface area contributed by atoms with Gasteiger partial charge in [-0.25, -0.2) is 0 Å². The molecule has 0 aliphatic heterocycles. The number of aliphatic hydroxyl groups excluding tert-OH is 1. The van der Waals surface area contributed by atoms with Crippen LogP contribution in [0.5, 0.6) is 0 Å². The third-order valence-corrected chi connectivity index (χ3v) is 4.44. The van der Waals surface area contributed by atoms with Gasteiger partial charge in [-0.1, -0.05) is 45.5 Å². The van der Waals surface area contributed by atoms with Crippen LogP contribution in [0.2, 0.25) is 0 Å². The van der Waals surface area contributed by atoms with Crippen LogP contribution in [0.3, 0.4) is 0 Å². The molecule has 0 aromatic carbocycles. The summed E-state index contributed by atoms with van der Waals surface area (Å²) in [5, 5.41) is 8.69. The van der Waals surface area contributed by atoms with Gasteiger partial charge in [-0.05, 0) is 24.6 Å². The third kappa shape index (κ3) is 5.78. The van der Waals surface area contributed by atoms with Gasteiger partial charge in [0, 0.05) is 18.0 Å². The summed E-state index contributed by atoms with van der Waals surface area (Å²) in [5.74, 6) is 6.47. The first kappa shape index (κ1) is 16.2. The molecule has 106 valence electrons. The first-order valence-corrected chi connectivity index (χ1v) is 7.95. The predicted octanol–water partition coefficient (Wildman–Crippen LogP) is 3.35. The van der Waals surface area contributed by atoms with E-state index in [1.54, 1.807) is 11.3 Å². The van der Waals surface area contributed by atoms with Crippen molar-refractivity contribution in [2.24, 2.45) is 5.92 Å². The number of aliphatic hydroxyl groups is 1. The van der Waals surface area contributed by atoms with Gasteiger partial charge < -0.3 is 5.11 Å². The Balaban J connectivity index is 2.57. The Morgan fingerprint density at radius 1 is 1.26 bits per heavy atom. The van der Waals surface area contributed by atoms with Gasteiger partial charge in [-0.3, -0.25) is 4.90 Å². The molecule has 1 aromatic heterocycles. The lowest BCUT2D eigenvalue weighted by Gasteiger charge is -2.24. The number of thiophene rings is 1. The summed E-state index contributed by atoms with van der Waals surface area (Å²) in [7, 11) is 0. The van der Waals surface area contributed by atoms with Crippen LogP contribution < -0.4 is 0 Å². The zero-order chi connectivity index (χ0) is 14.1. The largest absolute Gasteiger partial charge is 0.384 e. The van der Waals surface area contributed by atoms with Crippen molar-refractivity contribution in [3.8, 4) is 11.8 Å². The molecule has 0 atom stereocenters. The Kier molecular flexibility index (Phi) is 7.81. The maximum absolute atomic E-state index is 8.69. The van der Waals surface area contributed by atoms with Crippen molar-refractivity contribution >= 4 is 11.3 Å². The Morgan fingerprint density at radius 2 is 2.00 bits per heavy atom. The molecular formula is C16H25NOS. The molecule has 0 bridgehead atoms. The zero-order valence-electron chi connectivity index (χ0n) is 12.3. The molecule has 0 radical (unpaired) electrons. The summed E-state index contributed by atoms with van der Waals surface area (Å²) < 4.78 is 0. The van der Waals surface area contributed by atoms with E-state index in [-0.39, 0.29) is 6.61 Å². The van der Waals surface area contributed by atoms with Gasteiger partial charge in [0.25, 0.3) is 0 Å². The molecule has 2 nitrogen and oxygen atoms in total. The maximum Gasteiger partial charge on any atom is 0.104 e. The molecule has 0 amide bonds. The molecule has 1 heterocycles. The maximum atomic E-state index is 8.69. The number of rotatable bonds is 7. The summed E-state index contributed by atoms with van der Waals surface area (Å²) >= 11 is 1.73. The first-order valence-electron chi connectivity index (χ1n) is 7.14. The SMILES string of the molecule is CCC(CC)CN(CC)Cc1ccc(C#CCO)s1. The molecule has 19 heavy (non-hydrogen) atoms. The van der Waals surface area contributed by atoms with E-state index in [2.05, 4.69) is 43.6 Å². The third-order valence-electron chi connectivity index (χ3n) is 3.45. The minimum absolute atomic E-state index is 0.0665. The second-order valence-corrected chi connectivity index (χ2v) is 5.90. The molecule has 0 fully saturated rings. The quantitative estimate of drug-likeness (QED) is 0.774. The summed E-state index contributed by atoms with van der Waals surface area (Å²) in [6, 6.07) is 4.20. The van der Waals surface area contributed by atoms with Crippen molar-refractivity contribution in [1.29, 1.82) is 0 Å². The molecule has 0 saturated heterocycles. The molecule has 0 aliphatic carbocycles. The van der Waals surface area contributed by atoms with Crippen molar-refractivity contribution in [3.05, 3.63) is 21.9 Å². The predicted molar refractivity (Wildman–Crippen MR) is 83.3 cm³/mol. The van der Waals surface area contributed by atoms with Crippen LogP contribution in [0.4, 0.5) is 0 Å². The Labute approximate surface area is 121 Å². The van der Waals surface area contributed by atoms with Crippen molar-refractivity contribution in [3.63, 3.8) is 0 Å². The van der Waals surface area contributed by atoms with Crippen molar-refractivity contribution < 1.29 is 5.11 Å². The highest BCUT2D eigenvalue weighted by Crippen LogP contribution is 2.19. The van der Waals surface area contributed by atoms with E-state index in [1.165, 1.54) is 24.3 Å². The van der Waals surface area contributed by atoms with Crippen molar-refractivity contribution in [1.82, 2.24) is 4.90 Å². The molecule has 1 rings (SSSR count). The topological polar surface area (TPSA) is 23.5 Å². The zero-order valence-corrected chi connectivity index (χ0v) is 13.1. The van der Waals surface area contributed by atoms with E-state index in [0.29, 0.717) is 0 Å². The van der Waals surface area contributed by atoms with Crippen molar-refractivity contribution in [2.45, 2.75) is 40.2 Å². The fourth-order valence-corrected chi connectivity index (χ4v) is 3.02. The number of hydrogen-bond donors (Lipinski definition) is 1. The number of hydrogen-bond acceptors (Lipinski definition) is 3. The van der Waals surface area contributed by atoms with E-state index in [9.17, 15) is 0 Å². The van der Waals surface area contributed by atoms with Crippen LogP contribution in [0.1, 0.15) is 43.4 Å². The average molecular weight is 279 g/mol. The Morgan fingerprint density at radius 3 is 2.58 bits per heavy atom. The van der Waals surface area contributed by atoms with E-state index in [0.717, 1.165) is 23.9 Å².